The molecule has 63 heavy (non-hydrogen) atoms. The number of benzene rings is 3. The van der Waals surface area contributed by atoms with Crippen LogP contribution in [0.1, 0.15) is 120 Å². The summed E-state index contributed by atoms with van der Waals surface area (Å²) in [5.41, 5.74) is 4.29. The number of Topliss-reactive ketones (excluding diaryl/α,β-unsaturated/α-hetero) is 1. The van der Waals surface area contributed by atoms with Crippen molar-refractivity contribution in [1.82, 2.24) is 25.1 Å². The van der Waals surface area contributed by atoms with Gasteiger partial charge >= 0.3 is 0 Å². The Morgan fingerprint density at radius 1 is 0.746 bits per heavy atom. The number of fused-ring (bicyclic) bond motifs is 1. The number of unbranched alkanes of at least 4 members (excludes halogenated alkanes) is 5. The summed E-state index contributed by atoms with van der Waals surface area (Å²) in [7, 11) is 0. The van der Waals surface area contributed by atoms with Gasteiger partial charge in [0.15, 0.2) is 11.6 Å². The molecule has 0 aliphatic carbocycles. The number of ether oxygens (including phenoxy) is 3. The SMILES string of the molecule is CC(=O)c1nccc(COc2ccc(C(C)(C)c3ccc(OCCCCCCCCOCCN4CCN(c5ccc6c(c5)C(=O)N(C5CCC(=O)NC5=O)C6=O)CC4)cc3)cc2)n1. The quantitative estimate of drug-likeness (QED) is 0.0548. The minimum Gasteiger partial charge on any atom is -0.494 e. The molecule has 0 bridgehead atoms. The van der Waals surface area contributed by atoms with Gasteiger partial charge in [0.2, 0.25) is 11.8 Å². The van der Waals surface area contributed by atoms with Crippen LogP contribution in [0.2, 0.25) is 0 Å². The molecule has 4 heterocycles. The zero-order valence-electron chi connectivity index (χ0n) is 36.6. The van der Waals surface area contributed by atoms with Gasteiger partial charge in [0, 0.05) is 70.0 Å². The van der Waals surface area contributed by atoms with E-state index in [1.165, 1.54) is 30.9 Å². The largest absolute Gasteiger partial charge is 0.494 e. The summed E-state index contributed by atoms with van der Waals surface area (Å²) < 4.78 is 17.9. The normalized spacial score (nSPS) is 16.9. The van der Waals surface area contributed by atoms with Gasteiger partial charge in [-0.25, -0.2) is 9.97 Å². The molecule has 1 N–H and O–H groups in total. The van der Waals surface area contributed by atoms with Crippen LogP contribution >= 0.6 is 0 Å². The Kier molecular flexibility index (Phi) is 15.0. The van der Waals surface area contributed by atoms with Crippen LogP contribution in [0.25, 0.3) is 0 Å². The van der Waals surface area contributed by atoms with Gasteiger partial charge in [-0.2, -0.15) is 0 Å². The van der Waals surface area contributed by atoms with E-state index >= 15 is 0 Å². The summed E-state index contributed by atoms with van der Waals surface area (Å²) in [4.78, 5) is 75.7. The number of carbonyl (C=O) groups is 5. The van der Waals surface area contributed by atoms with E-state index in [0.29, 0.717) is 30.0 Å². The lowest BCUT2D eigenvalue weighted by molar-refractivity contribution is -0.136. The monoisotopic (exact) mass is 858 g/mol. The van der Waals surface area contributed by atoms with Crippen LogP contribution in [0.5, 0.6) is 11.5 Å². The Hall–Kier alpha value is -5.99. The standard InChI is InChI=1S/C49H58N6O8/c1-34(56)45-50-23-22-37(51-45)33-63-40-17-12-36(13-18-40)49(2,3)35-10-15-39(16-11-35)62-30-9-7-5-4-6-8-29-61-31-28-53-24-26-54(27-25-53)38-14-19-41-42(32-38)48(60)55(47(41)59)43-20-21-44(57)52-46(43)58/h10-19,22-23,32,43H,4-9,20-21,24-31,33H2,1-3H3,(H,52,57,58). The number of ketones is 1. The van der Waals surface area contributed by atoms with Crippen LogP contribution in [-0.4, -0.2) is 108 Å². The smallest absolute Gasteiger partial charge is 0.262 e. The van der Waals surface area contributed by atoms with Crippen LogP contribution in [0.3, 0.4) is 0 Å². The maximum Gasteiger partial charge on any atom is 0.262 e. The third kappa shape index (κ3) is 11.3. The molecule has 3 aliphatic heterocycles. The van der Waals surface area contributed by atoms with E-state index in [1.807, 2.05) is 18.2 Å². The molecule has 4 amide bonds. The van der Waals surface area contributed by atoms with Gasteiger partial charge in [-0.1, -0.05) is 63.8 Å². The highest BCUT2D eigenvalue weighted by Gasteiger charge is 2.44. The number of anilines is 1. The molecule has 14 nitrogen and oxygen atoms in total. The van der Waals surface area contributed by atoms with Crippen LogP contribution in [0.15, 0.2) is 79.0 Å². The fourth-order valence-electron chi connectivity index (χ4n) is 8.29. The summed E-state index contributed by atoms with van der Waals surface area (Å²) in [6.45, 7) is 12.5. The predicted molar refractivity (Wildman–Crippen MR) is 237 cm³/mol. The van der Waals surface area contributed by atoms with Gasteiger partial charge < -0.3 is 19.1 Å². The second-order valence-electron chi connectivity index (χ2n) is 17.0. The van der Waals surface area contributed by atoms with E-state index in [1.54, 1.807) is 24.4 Å². The molecule has 0 radical (unpaired) electrons. The number of rotatable bonds is 21. The van der Waals surface area contributed by atoms with Crippen LogP contribution in [-0.2, 0) is 26.3 Å². The Balaban J connectivity index is 0.709. The van der Waals surface area contributed by atoms with Crippen molar-refractivity contribution in [3.63, 3.8) is 0 Å². The molecule has 2 saturated heterocycles. The molecule has 0 saturated carbocycles. The van der Waals surface area contributed by atoms with Gasteiger partial charge in [0.05, 0.1) is 30.0 Å². The average Bonchev–Trinajstić information content (AvgIpc) is 3.54. The Morgan fingerprint density at radius 3 is 2.05 bits per heavy atom. The molecule has 3 aromatic carbocycles. The Morgan fingerprint density at radius 2 is 1.38 bits per heavy atom. The van der Waals surface area contributed by atoms with Gasteiger partial charge in [-0.05, 0) is 78.9 Å². The summed E-state index contributed by atoms with van der Waals surface area (Å²) in [6, 6.07) is 22.6. The number of aromatic nitrogens is 2. The number of carbonyl (C=O) groups excluding carboxylic acids is 5. The molecule has 2 fully saturated rings. The van der Waals surface area contributed by atoms with Crippen molar-refractivity contribution in [2.45, 2.75) is 90.2 Å². The summed E-state index contributed by atoms with van der Waals surface area (Å²) in [6.07, 6.45) is 8.54. The van der Waals surface area contributed by atoms with Gasteiger partial charge in [-0.15, -0.1) is 0 Å². The molecule has 1 unspecified atom stereocenters. The van der Waals surface area contributed by atoms with Crippen molar-refractivity contribution in [2.24, 2.45) is 0 Å². The topological polar surface area (TPSA) is 161 Å². The fourth-order valence-corrected chi connectivity index (χ4v) is 8.29. The molecule has 14 heteroatoms. The highest BCUT2D eigenvalue weighted by atomic mass is 16.5. The lowest BCUT2D eigenvalue weighted by Crippen LogP contribution is -2.54. The first-order valence-corrected chi connectivity index (χ1v) is 22.2. The summed E-state index contributed by atoms with van der Waals surface area (Å²) in [5, 5.41) is 2.24. The molecule has 332 valence electrons. The van der Waals surface area contributed by atoms with E-state index in [9.17, 15) is 24.0 Å². The second-order valence-corrected chi connectivity index (χ2v) is 17.0. The highest BCUT2D eigenvalue weighted by Crippen LogP contribution is 2.34. The molecular formula is C49H58N6O8. The first kappa shape index (κ1) is 45.0. The molecule has 3 aliphatic rings. The zero-order chi connectivity index (χ0) is 44.3. The minimum absolute atomic E-state index is 0.0969. The fraction of sp³-hybridized carbons (Fsp3) is 0.449. The average molecular weight is 859 g/mol. The molecule has 4 aromatic rings. The van der Waals surface area contributed by atoms with Crippen LogP contribution in [0.4, 0.5) is 5.69 Å². The van der Waals surface area contributed by atoms with E-state index in [-0.39, 0.29) is 42.4 Å². The predicted octanol–water partition coefficient (Wildman–Crippen LogP) is 6.54. The Labute approximate surface area is 369 Å². The molecule has 1 atom stereocenters. The number of amides is 4. The van der Waals surface area contributed by atoms with Crippen molar-refractivity contribution < 1.29 is 38.2 Å². The van der Waals surface area contributed by atoms with Crippen molar-refractivity contribution in [1.29, 1.82) is 0 Å². The van der Waals surface area contributed by atoms with Crippen molar-refractivity contribution in [2.75, 3.05) is 57.4 Å². The summed E-state index contributed by atoms with van der Waals surface area (Å²) in [5.74, 6) is -0.332. The zero-order valence-corrected chi connectivity index (χ0v) is 36.6. The van der Waals surface area contributed by atoms with E-state index in [0.717, 1.165) is 87.1 Å². The minimum atomic E-state index is -0.965. The molecule has 0 spiro atoms. The number of nitrogens with one attached hydrogen (secondary N) is 1. The number of hydrogen-bond donors (Lipinski definition) is 1. The van der Waals surface area contributed by atoms with Gasteiger partial charge in [0.25, 0.3) is 11.8 Å². The van der Waals surface area contributed by atoms with Crippen molar-refractivity contribution in [3.8, 4) is 11.5 Å². The molecule has 7 rings (SSSR count). The maximum absolute atomic E-state index is 13.2. The second kappa shape index (κ2) is 20.9. The number of piperazine rings is 1. The number of nitrogens with zero attached hydrogens (tertiary/aromatic N) is 5. The third-order valence-electron chi connectivity index (χ3n) is 12.2. The van der Waals surface area contributed by atoms with Crippen LogP contribution < -0.4 is 19.7 Å². The van der Waals surface area contributed by atoms with E-state index < -0.39 is 23.8 Å². The lowest BCUT2D eigenvalue weighted by atomic mass is 9.78. The maximum atomic E-state index is 13.2. The number of imide groups is 2. The summed E-state index contributed by atoms with van der Waals surface area (Å²) >= 11 is 0. The molecule has 1 aromatic heterocycles. The lowest BCUT2D eigenvalue weighted by Gasteiger charge is -2.36. The Bertz CT molecular complexity index is 2250. The van der Waals surface area contributed by atoms with Crippen molar-refractivity contribution in [3.05, 3.63) is 113 Å². The van der Waals surface area contributed by atoms with Gasteiger partial charge in [0.1, 0.15) is 24.1 Å². The first-order chi connectivity index (χ1) is 30.5. The first-order valence-electron chi connectivity index (χ1n) is 22.2. The van der Waals surface area contributed by atoms with Crippen LogP contribution in [0, 0.1) is 0 Å². The van der Waals surface area contributed by atoms with Gasteiger partial charge in [-0.3, -0.25) is 39.1 Å². The number of piperidine rings is 1. The highest BCUT2D eigenvalue weighted by molar-refractivity contribution is 6.23. The third-order valence-corrected chi connectivity index (χ3v) is 12.2. The molecular weight excluding hydrogens is 801 g/mol. The van der Waals surface area contributed by atoms with Crippen molar-refractivity contribution >= 4 is 35.1 Å². The van der Waals surface area contributed by atoms with E-state index in [4.69, 9.17) is 14.2 Å². The number of hydrogen-bond acceptors (Lipinski definition) is 12. The van der Waals surface area contributed by atoms with E-state index in [2.05, 4.69) is 75.3 Å².